The molecule has 3 heteroatoms. The molecule has 1 aliphatic rings. The molecule has 1 aliphatic heterocycles. The summed E-state index contributed by atoms with van der Waals surface area (Å²) in [5.41, 5.74) is 6.95. The first-order valence-corrected chi connectivity index (χ1v) is 7.99. The molecule has 0 spiro atoms. The molecule has 18 heavy (non-hydrogen) atoms. The van der Waals surface area contributed by atoms with Crippen molar-refractivity contribution in [2.24, 2.45) is 5.73 Å². The van der Waals surface area contributed by atoms with Crippen LogP contribution < -0.4 is 10.5 Å². The molecule has 1 heterocycles. The largest absolute Gasteiger partial charge is 0.490 e. The van der Waals surface area contributed by atoms with Crippen molar-refractivity contribution in [3.05, 3.63) is 29.8 Å². The molecule has 1 fully saturated rings. The molecular formula is C15H23NOS. The summed E-state index contributed by atoms with van der Waals surface area (Å²) >= 11 is 2.03. The molecule has 0 amide bonds. The van der Waals surface area contributed by atoms with E-state index in [1.54, 1.807) is 0 Å². The summed E-state index contributed by atoms with van der Waals surface area (Å²) in [6, 6.07) is 8.55. The Kier molecular flexibility index (Phi) is 5.39. The van der Waals surface area contributed by atoms with Gasteiger partial charge in [-0.05, 0) is 60.9 Å². The van der Waals surface area contributed by atoms with E-state index in [-0.39, 0.29) is 0 Å². The predicted octanol–water partition coefficient (Wildman–Crippen LogP) is 3.41. The smallest absolute Gasteiger partial charge is 0.119 e. The van der Waals surface area contributed by atoms with Crippen LogP contribution >= 0.6 is 11.8 Å². The van der Waals surface area contributed by atoms with Gasteiger partial charge in [0.2, 0.25) is 0 Å². The zero-order valence-electron chi connectivity index (χ0n) is 11.1. The number of hydrogen-bond donors (Lipinski definition) is 1. The molecular weight excluding hydrogens is 242 g/mol. The highest BCUT2D eigenvalue weighted by Gasteiger charge is 2.15. The summed E-state index contributed by atoms with van der Waals surface area (Å²) in [5, 5.41) is 0. The summed E-state index contributed by atoms with van der Waals surface area (Å²) in [6.07, 6.45) is 3.81. The van der Waals surface area contributed by atoms with Crippen molar-refractivity contribution in [2.45, 2.75) is 38.2 Å². The minimum absolute atomic E-state index is 0.415. The molecule has 0 aromatic heterocycles. The lowest BCUT2D eigenvalue weighted by atomic mass is 9.98. The molecule has 2 rings (SSSR count). The molecule has 1 aromatic carbocycles. The van der Waals surface area contributed by atoms with Crippen molar-refractivity contribution in [3.63, 3.8) is 0 Å². The minimum atomic E-state index is 0.415. The van der Waals surface area contributed by atoms with Gasteiger partial charge >= 0.3 is 0 Å². The first-order chi connectivity index (χ1) is 8.79. The van der Waals surface area contributed by atoms with Crippen molar-refractivity contribution in [3.8, 4) is 5.75 Å². The van der Waals surface area contributed by atoms with Gasteiger partial charge in [-0.2, -0.15) is 11.8 Å². The Hall–Kier alpha value is -0.670. The molecule has 1 aromatic rings. The van der Waals surface area contributed by atoms with Crippen LogP contribution in [0, 0.1) is 0 Å². The lowest BCUT2D eigenvalue weighted by Crippen LogP contribution is -2.22. The number of thioether (sulfide) groups is 1. The van der Waals surface area contributed by atoms with Crippen LogP contribution in [0.15, 0.2) is 24.3 Å². The van der Waals surface area contributed by atoms with Crippen LogP contribution in [0.25, 0.3) is 0 Å². The lowest BCUT2D eigenvalue weighted by molar-refractivity contribution is 0.192. The Labute approximate surface area is 114 Å². The van der Waals surface area contributed by atoms with Gasteiger partial charge in [0.15, 0.2) is 0 Å². The maximum atomic E-state index is 6.01. The molecule has 1 unspecified atom stereocenters. The number of hydrogen-bond acceptors (Lipinski definition) is 3. The van der Waals surface area contributed by atoms with Crippen LogP contribution in [0.1, 0.15) is 37.7 Å². The molecule has 0 radical (unpaired) electrons. The Morgan fingerprint density at radius 3 is 2.56 bits per heavy atom. The molecule has 2 nitrogen and oxygen atoms in total. The molecule has 100 valence electrons. The zero-order chi connectivity index (χ0) is 12.8. The average Bonchev–Trinajstić information content (AvgIpc) is 2.41. The monoisotopic (exact) mass is 265 g/mol. The first-order valence-electron chi connectivity index (χ1n) is 6.84. The zero-order valence-corrected chi connectivity index (χ0v) is 11.9. The van der Waals surface area contributed by atoms with Crippen LogP contribution in [0.2, 0.25) is 0 Å². The number of ether oxygens (including phenoxy) is 1. The third kappa shape index (κ3) is 3.92. The second-order valence-corrected chi connectivity index (χ2v) is 6.20. The quantitative estimate of drug-likeness (QED) is 0.886. The van der Waals surface area contributed by atoms with Crippen LogP contribution in [-0.2, 0) is 0 Å². The van der Waals surface area contributed by atoms with Crippen molar-refractivity contribution in [2.75, 3.05) is 18.1 Å². The summed E-state index contributed by atoms with van der Waals surface area (Å²) in [4.78, 5) is 0. The van der Waals surface area contributed by atoms with E-state index in [4.69, 9.17) is 10.5 Å². The van der Waals surface area contributed by atoms with E-state index in [1.807, 2.05) is 11.8 Å². The number of rotatable bonds is 5. The van der Waals surface area contributed by atoms with Gasteiger partial charge in [0, 0.05) is 0 Å². The second kappa shape index (κ2) is 7.05. The third-order valence-electron chi connectivity index (χ3n) is 3.52. The molecule has 1 saturated heterocycles. The molecule has 0 saturated carbocycles. The van der Waals surface area contributed by atoms with E-state index < -0.39 is 0 Å². The molecule has 0 bridgehead atoms. The van der Waals surface area contributed by atoms with Gasteiger partial charge in [-0.25, -0.2) is 0 Å². The molecule has 0 aliphatic carbocycles. The Balaban J connectivity index is 1.90. The predicted molar refractivity (Wildman–Crippen MR) is 79.5 cm³/mol. The standard InChI is InChI=1S/C15H23NOS/c1-12(6-9-16)13-2-4-14(5-3-13)17-15-7-10-18-11-8-15/h2-5,12,15H,6-11,16H2,1H3. The highest BCUT2D eigenvalue weighted by atomic mass is 32.2. The van der Waals surface area contributed by atoms with Crippen molar-refractivity contribution < 1.29 is 4.74 Å². The molecule has 1 atom stereocenters. The number of nitrogens with two attached hydrogens (primary N) is 1. The fourth-order valence-electron chi connectivity index (χ4n) is 2.28. The summed E-state index contributed by atoms with van der Waals surface area (Å²) in [6.45, 7) is 2.97. The summed E-state index contributed by atoms with van der Waals surface area (Å²) in [7, 11) is 0. The SMILES string of the molecule is CC(CCN)c1ccc(OC2CCSCC2)cc1. The van der Waals surface area contributed by atoms with E-state index in [1.165, 1.54) is 29.9 Å². The van der Waals surface area contributed by atoms with Gasteiger partial charge in [0.05, 0.1) is 0 Å². The van der Waals surface area contributed by atoms with Gasteiger partial charge in [-0.3, -0.25) is 0 Å². The first kappa shape index (κ1) is 13.8. The summed E-state index contributed by atoms with van der Waals surface area (Å²) in [5.74, 6) is 4.01. The highest BCUT2D eigenvalue weighted by molar-refractivity contribution is 7.99. The van der Waals surface area contributed by atoms with E-state index >= 15 is 0 Å². The topological polar surface area (TPSA) is 35.2 Å². The normalized spacial score (nSPS) is 18.6. The Morgan fingerprint density at radius 2 is 1.94 bits per heavy atom. The fourth-order valence-corrected chi connectivity index (χ4v) is 3.34. The van der Waals surface area contributed by atoms with Crippen LogP contribution in [0.3, 0.4) is 0 Å². The Bertz CT molecular complexity index is 346. The highest BCUT2D eigenvalue weighted by Crippen LogP contribution is 2.25. The van der Waals surface area contributed by atoms with Crippen molar-refractivity contribution >= 4 is 11.8 Å². The van der Waals surface area contributed by atoms with E-state index in [9.17, 15) is 0 Å². The second-order valence-electron chi connectivity index (χ2n) is 4.98. The van der Waals surface area contributed by atoms with Crippen molar-refractivity contribution in [1.82, 2.24) is 0 Å². The third-order valence-corrected chi connectivity index (χ3v) is 4.57. The van der Waals surface area contributed by atoms with E-state index in [2.05, 4.69) is 31.2 Å². The van der Waals surface area contributed by atoms with Crippen LogP contribution in [-0.4, -0.2) is 24.2 Å². The van der Waals surface area contributed by atoms with Gasteiger partial charge in [0.1, 0.15) is 11.9 Å². The maximum absolute atomic E-state index is 6.01. The van der Waals surface area contributed by atoms with Gasteiger partial charge in [-0.15, -0.1) is 0 Å². The van der Waals surface area contributed by atoms with E-state index in [0.717, 1.165) is 18.7 Å². The number of benzene rings is 1. The Morgan fingerprint density at radius 1 is 1.28 bits per heavy atom. The van der Waals surface area contributed by atoms with Crippen LogP contribution in [0.4, 0.5) is 0 Å². The maximum Gasteiger partial charge on any atom is 0.119 e. The summed E-state index contributed by atoms with van der Waals surface area (Å²) < 4.78 is 6.01. The molecule has 2 N–H and O–H groups in total. The van der Waals surface area contributed by atoms with Gasteiger partial charge in [-0.1, -0.05) is 19.1 Å². The van der Waals surface area contributed by atoms with Crippen LogP contribution in [0.5, 0.6) is 5.75 Å². The minimum Gasteiger partial charge on any atom is -0.490 e. The van der Waals surface area contributed by atoms with Crippen molar-refractivity contribution in [1.29, 1.82) is 0 Å². The average molecular weight is 265 g/mol. The van der Waals surface area contributed by atoms with Gasteiger partial charge in [0.25, 0.3) is 0 Å². The lowest BCUT2D eigenvalue weighted by Gasteiger charge is -2.23. The fraction of sp³-hybridized carbons (Fsp3) is 0.600. The van der Waals surface area contributed by atoms with E-state index in [0.29, 0.717) is 12.0 Å². The van der Waals surface area contributed by atoms with Gasteiger partial charge < -0.3 is 10.5 Å².